The zero-order chi connectivity index (χ0) is 13.3. The highest BCUT2D eigenvalue weighted by molar-refractivity contribution is 7.80. The fourth-order valence-electron chi connectivity index (χ4n) is 1.62. The number of nitrogens with zero attached hydrogens (tertiary/aromatic N) is 1. The second-order valence-electron chi connectivity index (χ2n) is 5.24. The molecule has 0 saturated heterocycles. The van der Waals surface area contributed by atoms with Gasteiger partial charge in [-0.3, -0.25) is 0 Å². The molecule has 1 aromatic carbocycles. The number of anilines is 1. The summed E-state index contributed by atoms with van der Waals surface area (Å²) in [6, 6.07) is 6.09. The number of thiazole rings is 1. The maximum absolute atomic E-state index is 5.28. The first-order valence-corrected chi connectivity index (χ1v) is 7.02. The summed E-state index contributed by atoms with van der Waals surface area (Å²) >= 11 is 6.97. The third kappa shape index (κ3) is 3.40. The predicted octanol–water partition coefficient (Wildman–Crippen LogP) is 3.69. The zero-order valence-electron chi connectivity index (χ0n) is 11.0. The number of benzene rings is 1. The first-order valence-electron chi connectivity index (χ1n) is 5.80. The molecule has 2 aromatic rings. The quantitative estimate of drug-likeness (QED) is 0.781. The van der Waals surface area contributed by atoms with E-state index in [2.05, 4.69) is 42.5 Å². The topological polar surface area (TPSA) is 37.0 Å². The summed E-state index contributed by atoms with van der Waals surface area (Å²) in [6.07, 6.45) is 0. The van der Waals surface area contributed by atoms with E-state index in [9.17, 15) is 0 Å². The Morgan fingerprint density at radius 3 is 2.72 bits per heavy atom. The van der Waals surface area contributed by atoms with Crippen LogP contribution >= 0.6 is 23.6 Å². The first kappa shape index (κ1) is 13.2. The number of hydrogen-bond donors (Lipinski definition) is 2. The largest absolute Gasteiger partial charge is 0.358 e. The van der Waals surface area contributed by atoms with Crippen LogP contribution in [-0.2, 0) is 0 Å². The van der Waals surface area contributed by atoms with Gasteiger partial charge in [-0.1, -0.05) is 0 Å². The van der Waals surface area contributed by atoms with Gasteiger partial charge in [-0.25, -0.2) is 4.98 Å². The molecule has 0 spiro atoms. The lowest BCUT2D eigenvalue weighted by molar-refractivity contribution is 0.515. The smallest absolute Gasteiger partial charge is 0.171 e. The SMILES string of the molecule is Cc1nc2ccc(NC(=S)NC(C)(C)C)cc2s1. The first-order chi connectivity index (χ1) is 8.33. The highest BCUT2D eigenvalue weighted by Crippen LogP contribution is 2.24. The van der Waals surface area contributed by atoms with E-state index in [0.29, 0.717) is 5.11 Å². The van der Waals surface area contributed by atoms with Crippen LogP contribution in [0.2, 0.25) is 0 Å². The fraction of sp³-hybridized carbons (Fsp3) is 0.385. The Balaban J connectivity index is 2.14. The Hall–Kier alpha value is -1.20. The highest BCUT2D eigenvalue weighted by Gasteiger charge is 2.11. The molecule has 0 saturated carbocycles. The number of aryl methyl sites for hydroxylation is 1. The maximum Gasteiger partial charge on any atom is 0.171 e. The van der Waals surface area contributed by atoms with Crippen LogP contribution in [0.3, 0.4) is 0 Å². The molecule has 1 heterocycles. The number of fused-ring (bicyclic) bond motifs is 1. The van der Waals surface area contributed by atoms with Crippen molar-refractivity contribution in [2.75, 3.05) is 5.32 Å². The van der Waals surface area contributed by atoms with Gasteiger partial charge in [-0.05, 0) is 58.1 Å². The second-order valence-corrected chi connectivity index (χ2v) is 6.89. The van der Waals surface area contributed by atoms with E-state index >= 15 is 0 Å². The van der Waals surface area contributed by atoms with Gasteiger partial charge in [0, 0.05) is 11.2 Å². The summed E-state index contributed by atoms with van der Waals surface area (Å²) in [5, 5.41) is 8.15. The molecule has 0 unspecified atom stereocenters. The monoisotopic (exact) mass is 279 g/mol. The van der Waals surface area contributed by atoms with Gasteiger partial charge in [0.2, 0.25) is 0 Å². The van der Waals surface area contributed by atoms with Gasteiger partial charge in [0.15, 0.2) is 5.11 Å². The van der Waals surface area contributed by atoms with Crippen molar-refractivity contribution in [2.24, 2.45) is 0 Å². The van der Waals surface area contributed by atoms with E-state index in [-0.39, 0.29) is 5.54 Å². The Bertz CT molecular complexity index is 581. The molecular formula is C13H17N3S2. The van der Waals surface area contributed by atoms with E-state index in [4.69, 9.17) is 12.2 Å². The lowest BCUT2D eigenvalue weighted by atomic mass is 10.1. The standard InChI is InChI=1S/C13H17N3S2/c1-8-14-10-6-5-9(7-11(10)18-8)15-12(17)16-13(2,3)4/h5-7H,1-4H3,(H2,15,16,17). The van der Waals surface area contributed by atoms with Crippen molar-refractivity contribution in [1.29, 1.82) is 0 Å². The average Bonchev–Trinajstić information content (AvgIpc) is 2.53. The minimum absolute atomic E-state index is 0.0325. The summed E-state index contributed by atoms with van der Waals surface area (Å²) in [6.45, 7) is 8.26. The molecule has 3 nitrogen and oxygen atoms in total. The number of nitrogens with one attached hydrogen (secondary N) is 2. The van der Waals surface area contributed by atoms with Crippen molar-refractivity contribution < 1.29 is 0 Å². The number of rotatable bonds is 1. The molecular weight excluding hydrogens is 262 g/mol. The minimum atomic E-state index is -0.0325. The van der Waals surface area contributed by atoms with E-state index in [1.807, 2.05) is 19.1 Å². The van der Waals surface area contributed by atoms with E-state index in [1.165, 1.54) is 4.70 Å². The van der Waals surface area contributed by atoms with Crippen LogP contribution in [0.25, 0.3) is 10.2 Å². The molecule has 0 aliphatic heterocycles. The minimum Gasteiger partial charge on any atom is -0.358 e. The Labute approximate surface area is 117 Å². The summed E-state index contributed by atoms with van der Waals surface area (Å²) in [7, 11) is 0. The second kappa shape index (κ2) is 4.82. The molecule has 0 aliphatic carbocycles. The molecule has 5 heteroatoms. The number of aromatic nitrogens is 1. The van der Waals surface area contributed by atoms with Crippen LogP contribution in [0.4, 0.5) is 5.69 Å². The zero-order valence-corrected chi connectivity index (χ0v) is 12.6. The molecule has 0 aliphatic rings. The van der Waals surface area contributed by atoms with Crippen LogP contribution in [0.1, 0.15) is 25.8 Å². The Morgan fingerprint density at radius 2 is 2.06 bits per heavy atom. The molecule has 0 radical (unpaired) electrons. The maximum atomic E-state index is 5.28. The van der Waals surface area contributed by atoms with Gasteiger partial charge in [-0.2, -0.15) is 0 Å². The summed E-state index contributed by atoms with van der Waals surface area (Å²) in [4.78, 5) is 4.44. The van der Waals surface area contributed by atoms with Crippen molar-refractivity contribution in [3.63, 3.8) is 0 Å². The van der Waals surface area contributed by atoms with E-state index < -0.39 is 0 Å². The third-order valence-corrected chi connectivity index (χ3v) is 3.38. The molecule has 0 amide bonds. The van der Waals surface area contributed by atoms with Gasteiger partial charge >= 0.3 is 0 Å². The summed E-state index contributed by atoms with van der Waals surface area (Å²) in [5.41, 5.74) is 2.00. The van der Waals surface area contributed by atoms with Crippen molar-refractivity contribution in [2.45, 2.75) is 33.2 Å². The average molecular weight is 279 g/mol. The summed E-state index contributed by atoms with van der Waals surface area (Å²) in [5.74, 6) is 0. The molecule has 96 valence electrons. The van der Waals surface area contributed by atoms with Crippen LogP contribution < -0.4 is 10.6 Å². The Morgan fingerprint density at radius 1 is 1.33 bits per heavy atom. The van der Waals surface area contributed by atoms with Crippen LogP contribution in [0.5, 0.6) is 0 Å². The number of thiocarbonyl (C=S) groups is 1. The van der Waals surface area contributed by atoms with Crippen molar-refractivity contribution in [3.8, 4) is 0 Å². The molecule has 2 rings (SSSR count). The lowest BCUT2D eigenvalue weighted by Crippen LogP contribution is -2.42. The number of hydrogen-bond acceptors (Lipinski definition) is 3. The van der Waals surface area contributed by atoms with Gasteiger partial charge < -0.3 is 10.6 Å². The molecule has 1 aromatic heterocycles. The van der Waals surface area contributed by atoms with Crippen LogP contribution in [0, 0.1) is 6.92 Å². The van der Waals surface area contributed by atoms with Gasteiger partial charge in [-0.15, -0.1) is 11.3 Å². The molecule has 18 heavy (non-hydrogen) atoms. The Kier molecular flexibility index (Phi) is 3.54. The van der Waals surface area contributed by atoms with Crippen molar-refractivity contribution in [3.05, 3.63) is 23.2 Å². The normalized spacial score (nSPS) is 11.6. The third-order valence-electron chi connectivity index (χ3n) is 2.24. The van der Waals surface area contributed by atoms with Crippen molar-refractivity contribution >= 4 is 44.6 Å². The lowest BCUT2D eigenvalue weighted by Gasteiger charge is -2.23. The van der Waals surface area contributed by atoms with E-state index in [0.717, 1.165) is 16.2 Å². The summed E-state index contributed by atoms with van der Waals surface area (Å²) < 4.78 is 1.18. The van der Waals surface area contributed by atoms with Crippen LogP contribution in [0.15, 0.2) is 18.2 Å². The van der Waals surface area contributed by atoms with Gasteiger partial charge in [0.1, 0.15) is 0 Å². The fourth-order valence-corrected chi connectivity index (χ4v) is 2.91. The molecule has 2 N–H and O–H groups in total. The molecule has 0 bridgehead atoms. The predicted molar refractivity (Wildman–Crippen MR) is 83.5 cm³/mol. The van der Waals surface area contributed by atoms with Gasteiger partial charge in [0.25, 0.3) is 0 Å². The van der Waals surface area contributed by atoms with Crippen molar-refractivity contribution in [1.82, 2.24) is 10.3 Å². The molecule has 0 fully saturated rings. The van der Waals surface area contributed by atoms with E-state index in [1.54, 1.807) is 11.3 Å². The highest BCUT2D eigenvalue weighted by atomic mass is 32.1. The molecule has 0 atom stereocenters. The van der Waals surface area contributed by atoms with Gasteiger partial charge in [0.05, 0.1) is 15.2 Å². The van der Waals surface area contributed by atoms with Crippen LogP contribution in [-0.4, -0.2) is 15.6 Å².